The highest BCUT2D eigenvalue weighted by Crippen LogP contribution is 2.31. The minimum Gasteiger partial charge on any atom is -0.497 e. The second-order valence-corrected chi connectivity index (χ2v) is 12.6. The van der Waals surface area contributed by atoms with Crippen LogP contribution in [0.1, 0.15) is 15.9 Å². The number of carbonyl (C=O) groups excluding carboxylic acids is 1. The molecule has 0 aliphatic carbocycles. The Bertz CT molecular complexity index is 1760. The number of carbonyl (C=O) groups is 1. The minimum absolute atomic E-state index is 0.0180. The van der Waals surface area contributed by atoms with E-state index in [1.54, 1.807) is 36.4 Å². The molecule has 4 aromatic carbocycles. The van der Waals surface area contributed by atoms with Crippen molar-refractivity contribution >= 4 is 43.0 Å². The lowest BCUT2D eigenvalue weighted by Crippen LogP contribution is -2.26. The van der Waals surface area contributed by atoms with Gasteiger partial charge in [0.1, 0.15) is 11.5 Å². The first kappa shape index (κ1) is 29.4. The third kappa shape index (κ3) is 6.61. The van der Waals surface area contributed by atoms with E-state index in [1.165, 1.54) is 75.9 Å². The molecule has 0 saturated heterocycles. The molecule has 0 atom stereocenters. The fourth-order valence-corrected chi connectivity index (χ4v) is 6.10. The summed E-state index contributed by atoms with van der Waals surface area (Å²) in [7, 11) is -3.36. The number of sulfonamides is 2. The Labute approximate surface area is 239 Å². The first-order valence-electron chi connectivity index (χ1n) is 12.3. The van der Waals surface area contributed by atoms with E-state index in [9.17, 15) is 21.6 Å². The Morgan fingerprint density at radius 2 is 1.37 bits per heavy atom. The molecule has 10 nitrogen and oxygen atoms in total. The molecule has 4 aromatic rings. The van der Waals surface area contributed by atoms with E-state index in [2.05, 4.69) is 10.0 Å². The lowest BCUT2D eigenvalue weighted by atomic mass is 10.2. The summed E-state index contributed by atoms with van der Waals surface area (Å²) >= 11 is 0. The van der Waals surface area contributed by atoms with Crippen molar-refractivity contribution in [3.8, 4) is 11.5 Å². The van der Waals surface area contributed by atoms with E-state index in [-0.39, 0.29) is 15.5 Å². The van der Waals surface area contributed by atoms with Crippen molar-refractivity contribution in [2.24, 2.45) is 0 Å². The molecular formula is C29H29N3O7S2. The smallest absolute Gasteiger partial charge is 0.264 e. The summed E-state index contributed by atoms with van der Waals surface area (Å²) in [5, 5.41) is 2.71. The van der Waals surface area contributed by atoms with Crippen LogP contribution in [0.2, 0.25) is 0 Å². The van der Waals surface area contributed by atoms with Crippen molar-refractivity contribution < 1.29 is 31.1 Å². The fraction of sp³-hybridized carbons (Fsp3) is 0.138. The quantitative estimate of drug-likeness (QED) is 0.267. The van der Waals surface area contributed by atoms with Gasteiger partial charge in [-0.05, 0) is 79.7 Å². The average Bonchev–Trinajstić information content (AvgIpc) is 2.97. The summed E-state index contributed by atoms with van der Waals surface area (Å²) in [6.45, 7) is 1.87. The van der Waals surface area contributed by atoms with Crippen LogP contribution in [0, 0.1) is 6.92 Å². The van der Waals surface area contributed by atoms with Gasteiger partial charge in [-0.25, -0.2) is 16.8 Å². The Morgan fingerprint density at radius 3 is 1.95 bits per heavy atom. The number of benzene rings is 4. The van der Waals surface area contributed by atoms with Gasteiger partial charge >= 0.3 is 0 Å². The van der Waals surface area contributed by atoms with Crippen molar-refractivity contribution in [1.29, 1.82) is 0 Å². The second kappa shape index (κ2) is 11.9. The minimum atomic E-state index is -3.95. The molecule has 12 heteroatoms. The Balaban J connectivity index is 1.43. The molecule has 0 aromatic heterocycles. The van der Waals surface area contributed by atoms with E-state index < -0.39 is 26.0 Å². The molecule has 0 bridgehead atoms. The van der Waals surface area contributed by atoms with Gasteiger partial charge in [0.25, 0.3) is 26.0 Å². The van der Waals surface area contributed by atoms with E-state index >= 15 is 0 Å². The number of ether oxygens (including phenoxy) is 2. The molecule has 2 N–H and O–H groups in total. The number of rotatable bonds is 10. The SMILES string of the molecule is COc1ccc(NS(=O)(=O)c2ccc(NC(=O)c3ccc(N(C)S(=O)(=O)c4ccc(C)cc4)cc3)cc2)c(OC)c1. The van der Waals surface area contributed by atoms with Crippen LogP contribution in [0.25, 0.3) is 0 Å². The third-order valence-electron chi connectivity index (χ3n) is 6.25. The molecule has 0 heterocycles. The molecule has 0 radical (unpaired) electrons. The van der Waals surface area contributed by atoms with E-state index in [0.29, 0.717) is 28.4 Å². The van der Waals surface area contributed by atoms with Gasteiger partial charge in [0.15, 0.2) is 0 Å². The Kier molecular flexibility index (Phi) is 8.55. The van der Waals surface area contributed by atoms with Crippen molar-refractivity contribution in [2.45, 2.75) is 16.7 Å². The molecule has 0 spiro atoms. The van der Waals surface area contributed by atoms with Crippen LogP contribution in [0.4, 0.5) is 17.1 Å². The number of nitrogens with zero attached hydrogens (tertiary/aromatic N) is 1. The van der Waals surface area contributed by atoms with Crippen molar-refractivity contribution in [1.82, 2.24) is 0 Å². The number of nitrogens with one attached hydrogen (secondary N) is 2. The first-order chi connectivity index (χ1) is 19.4. The zero-order valence-corrected chi connectivity index (χ0v) is 24.4. The van der Waals surface area contributed by atoms with Gasteiger partial charge in [-0.3, -0.25) is 13.8 Å². The normalized spacial score (nSPS) is 11.4. The van der Waals surface area contributed by atoms with Crippen LogP contribution in [-0.2, 0) is 20.0 Å². The van der Waals surface area contributed by atoms with Crippen molar-refractivity contribution in [3.05, 3.63) is 102 Å². The van der Waals surface area contributed by atoms with Crippen LogP contribution in [0.3, 0.4) is 0 Å². The highest BCUT2D eigenvalue weighted by molar-refractivity contribution is 7.93. The van der Waals surface area contributed by atoms with Crippen molar-refractivity contribution in [2.75, 3.05) is 35.6 Å². The molecule has 0 fully saturated rings. The summed E-state index contributed by atoms with van der Waals surface area (Å²) in [4.78, 5) is 12.9. The van der Waals surface area contributed by atoms with Crippen LogP contribution >= 0.6 is 0 Å². The third-order valence-corrected chi connectivity index (χ3v) is 9.43. The lowest BCUT2D eigenvalue weighted by molar-refractivity contribution is 0.102. The zero-order valence-electron chi connectivity index (χ0n) is 22.8. The van der Waals surface area contributed by atoms with Gasteiger partial charge in [0.2, 0.25) is 0 Å². The molecule has 4 rings (SSSR count). The Morgan fingerprint density at radius 1 is 0.756 bits per heavy atom. The summed E-state index contributed by atoms with van der Waals surface area (Å²) in [6, 6.07) is 23.0. The van der Waals surface area contributed by atoms with E-state index in [1.807, 2.05) is 6.92 Å². The predicted octanol–water partition coefficient (Wildman–Crippen LogP) is 4.89. The number of methoxy groups -OCH3 is 2. The summed E-state index contributed by atoms with van der Waals surface area (Å²) in [5.41, 5.74) is 2.24. The van der Waals surface area contributed by atoms with Crippen LogP contribution in [-0.4, -0.2) is 44.0 Å². The largest absolute Gasteiger partial charge is 0.497 e. The van der Waals surface area contributed by atoms with Crippen LogP contribution < -0.4 is 23.8 Å². The van der Waals surface area contributed by atoms with Gasteiger partial charge < -0.3 is 14.8 Å². The van der Waals surface area contributed by atoms with Gasteiger partial charge in [-0.1, -0.05) is 17.7 Å². The first-order valence-corrected chi connectivity index (χ1v) is 15.2. The monoisotopic (exact) mass is 595 g/mol. The number of hydrogen-bond acceptors (Lipinski definition) is 7. The fourth-order valence-electron chi connectivity index (χ4n) is 3.84. The predicted molar refractivity (Wildman–Crippen MR) is 158 cm³/mol. The van der Waals surface area contributed by atoms with Crippen molar-refractivity contribution in [3.63, 3.8) is 0 Å². The molecule has 1 amide bonds. The maximum Gasteiger partial charge on any atom is 0.264 e. The average molecular weight is 596 g/mol. The standard InChI is InChI=1S/C29H29N3O7S2/c1-20-5-14-26(15-6-20)41(36,37)32(2)23-11-7-21(8-12-23)29(33)30-22-9-16-25(17-10-22)40(34,35)31-27-18-13-24(38-3)19-28(27)39-4/h5-19,31H,1-4H3,(H,30,33). The summed E-state index contributed by atoms with van der Waals surface area (Å²) in [6.07, 6.45) is 0. The topological polar surface area (TPSA) is 131 Å². The zero-order chi connectivity index (χ0) is 29.8. The number of anilines is 3. The van der Waals surface area contributed by atoms with Crippen LogP contribution in [0.5, 0.6) is 11.5 Å². The number of aryl methyl sites for hydroxylation is 1. The highest BCUT2D eigenvalue weighted by Gasteiger charge is 2.22. The van der Waals surface area contributed by atoms with Crippen LogP contribution in [0.15, 0.2) is 101 Å². The van der Waals surface area contributed by atoms with E-state index in [0.717, 1.165) is 9.87 Å². The maximum atomic E-state index is 13.0. The second-order valence-electron chi connectivity index (χ2n) is 8.98. The summed E-state index contributed by atoms with van der Waals surface area (Å²) in [5.74, 6) is 0.359. The molecule has 41 heavy (non-hydrogen) atoms. The number of amides is 1. The van der Waals surface area contributed by atoms with Gasteiger partial charge in [-0.15, -0.1) is 0 Å². The van der Waals surface area contributed by atoms with E-state index in [4.69, 9.17) is 9.47 Å². The van der Waals surface area contributed by atoms with Gasteiger partial charge in [0, 0.05) is 24.4 Å². The lowest BCUT2D eigenvalue weighted by Gasteiger charge is -2.20. The maximum absolute atomic E-state index is 13.0. The summed E-state index contributed by atoms with van der Waals surface area (Å²) < 4.78 is 65.7. The molecule has 0 unspecified atom stereocenters. The number of hydrogen-bond donors (Lipinski definition) is 2. The van der Waals surface area contributed by atoms with Gasteiger partial charge in [0.05, 0.1) is 35.4 Å². The molecule has 0 aliphatic rings. The molecule has 214 valence electrons. The highest BCUT2D eigenvalue weighted by atomic mass is 32.2. The van der Waals surface area contributed by atoms with Gasteiger partial charge in [-0.2, -0.15) is 0 Å². The molecular weight excluding hydrogens is 566 g/mol. The Hall–Kier alpha value is -4.55. The molecule has 0 aliphatic heterocycles. The molecule has 0 saturated carbocycles.